The highest BCUT2D eigenvalue weighted by molar-refractivity contribution is 5.99. The lowest BCUT2D eigenvalue weighted by Crippen LogP contribution is -2.47. The Kier molecular flexibility index (Phi) is 2.02. The van der Waals surface area contributed by atoms with Gasteiger partial charge in [-0.2, -0.15) is 0 Å². The highest BCUT2D eigenvalue weighted by Gasteiger charge is 2.44. The molecule has 17 heavy (non-hydrogen) atoms. The minimum atomic E-state index is -0.399. The summed E-state index contributed by atoms with van der Waals surface area (Å²) in [5.41, 5.74) is 7.90. The van der Waals surface area contributed by atoms with E-state index in [0.29, 0.717) is 12.4 Å². The smallest absolute Gasteiger partial charge is 0.231 e. The third-order valence-corrected chi connectivity index (χ3v) is 3.82. The molecule has 1 aromatic rings. The number of amides is 1. The van der Waals surface area contributed by atoms with E-state index < -0.39 is 5.54 Å². The number of nitrogens with zero attached hydrogens (tertiary/aromatic N) is 2. The Morgan fingerprint density at radius 1 is 1.41 bits per heavy atom. The maximum atomic E-state index is 11.9. The number of hydrogen-bond acceptors (Lipinski definition) is 3. The average molecular weight is 229 g/mol. The van der Waals surface area contributed by atoms with Crippen molar-refractivity contribution in [2.24, 2.45) is 10.7 Å². The standard InChI is InChI=1S/C13H15N3O/c1-16-11(17)8-13(15-12(16)14)7-6-9-4-2-3-5-10(9)13/h2-5H,6-8H2,1H3,(H2,14,15). The van der Waals surface area contributed by atoms with Gasteiger partial charge in [0.05, 0.1) is 12.0 Å². The van der Waals surface area contributed by atoms with Crippen LogP contribution in [0.15, 0.2) is 29.3 Å². The summed E-state index contributed by atoms with van der Waals surface area (Å²) in [7, 11) is 1.68. The summed E-state index contributed by atoms with van der Waals surface area (Å²) in [6.07, 6.45) is 2.29. The van der Waals surface area contributed by atoms with Crippen molar-refractivity contribution in [3.63, 3.8) is 0 Å². The molecule has 1 amide bonds. The maximum absolute atomic E-state index is 11.9. The monoisotopic (exact) mass is 229 g/mol. The van der Waals surface area contributed by atoms with E-state index in [0.717, 1.165) is 12.8 Å². The molecule has 1 spiro atoms. The SMILES string of the molecule is CN1C(=O)CC2(CCc3ccccc32)N=C1N. The van der Waals surface area contributed by atoms with E-state index >= 15 is 0 Å². The zero-order valence-corrected chi connectivity index (χ0v) is 9.81. The number of hydrogen-bond donors (Lipinski definition) is 1. The minimum absolute atomic E-state index is 0.0502. The Morgan fingerprint density at radius 2 is 2.18 bits per heavy atom. The van der Waals surface area contributed by atoms with Gasteiger partial charge >= 0.3 is 0 Å². The van der Waals surface area contributed by atoms with Crippen LogP contribution in [0, 0.1) is 0 Å². The lowest BCUT2D eigenvalue weighted by atomic mass is 9.87. The van der Waals surface area contributed by atoms with Crippen LogP contribution in [0.4, 0.5) is 0 Å². The first-order valence-corrected chi connectivity index (χ1v) is 5.83. The first kappa shape index (κ1) is 10.3. The molecule has 1 aliphatic carbocycles. The van der Waals surface area contributed by atoms with Crippen molar-refractivity contribution in [3.05, 3.63) is 35.4 Å². The second-order valence-electron chi connectivity index (χ2n) is 4.79. The number of carbonyl (C=O) groups excluding carboxylic acids is 1. The number of guanidine groups is 1. The van der Waals surface area contributed by atoms with Crippen LogP contribution in [0.25, 0.3) is 0 Å². The number of aryl methyl sites for hydroxylation is 1. The van der Waals surface area contributed by atoms with Crippen molar-refractivity contribution in [2.45, 2.75) is 24.8 Å². The van der Waals surface area contributed by atoms with Crippen molar-refractivity contribution in [3.8, 4) is 0 Å². The summed E-state index contributed by atoms with van der Waals surface area (Å²) >= 11 is 0. The van der Waals surface area contributed by atoms with Gasteiger partial charge in [-0.25, -0.2) is 4.99 Å². The molecule has 0 aromatic heterocycles. The van der Waals surface area contributed by atoms with E-state index in [1.54, 1.807) is 7.05 Å². The predicted octanol–water partition coefficient (Wildman–Crippen LogP) is 1.00. The van der Waals surface area contributed by atoms with Crippen LogP contribution in [0.5, 0.6) is 0 Å². The van der Waals surface area contributed by atoms with Crippen LogP contribution in [-0.2, 0) is 16.8 Å². The highest BCUT2D eigenvalue weighted by atomic mass is 16.2. The molecular weight excluding hydrogens is 214 g/mol. The Balaban J connectivity index is 2.14. The number of benzene rings is 1. The quantitative estimate of drug-likeness (QED) is 0.721. The van der Waals surface area contributed by atoms with E-state index in [4.69, 9.17) is 5.73 Å². The normalized spacial score (nSPS) is 27.2. The molecule has 4 heteroatoms. The molecule has 0 bridgehead atoms. The second kappa shape index (κ2) is 3.32. The molecular formula is C13H15N3O. The summed E-state index contributed by atoms with van der Waals surface area (Å²) in [4.78, 5) is 18.0. The van der Waals surface area contributed by atoms with Gasteiger partial charge in [-0.3, -0.25) is 9.69 Å². The second-order valence-corrected chi connectivity index (χ2v) is 4.79. The van der Waals surface area contributed by atoms with Gasteiger partial charge in [0.15, 0.2) is 5.96 Å². The first-order chi connectivity index (χ1) is 8.12. The fourth-order valence-corrected chi connectivity index (χ4v) is 2.80. The molecule has 2 N–H and O–H groups in total. The molecule has 0 saturated heterocycles. The van der Waals surface area contributed by atoms with Crippen molar-refractivity contribution in [2.75, 3.05) is 7.05 Å². The maximum Gasteiger partial charge on any atom is 0.231 e. The van der Waals surface area contributed by atoms with E-state index in [9.17, 15) is 4.79 Å². The molecule has 3 rings (SSSR count). The number of rotatable bonds is 0. The Bertz CT molecular complexity index is 523. The third-order valence-electron chi connectivity index (χ3n) is 3.82. The average Bonchev–Trinajstić information content (AvgIpc) is 2.66. The lowest BCUT2D eigenvalue weighted by Gasteiger charge is -2.33. The van der Waals surface area contributed by atoms with Crippen LogP contribution in [0.3, 0.4) is 0 Å². The first-order valence-electron chi connectivity index (χ1n) is 5.83. The Labute approximate surface area is 100 Å². The summed E-state index contributed by atoms with van der Waals surface area (Å²) in [5.74, 6) is 0.382. The van der Waals surface area contributed by atoms with Gasteiger partial charge in [-0.05, 0) is 24.0 Å². The van der Waals surface area contributed by atoms with E-state index in [-0.39, 0.29) is 5.91 Å². The third kappa shape index (κ3) is 1.37. The molecule has 0 radical (unpaired) electrons. The van der Waals surface area contributed by atoms with Gasteiger partial charge in [-0.15, -0.1) is 0 Å². The van der Waals surface area contributed by atoms with Crippen LogP contribution in [-0.4, -0.2) is 23.8 Å². The largest absolute Gasteiger partial charge is 0.369 e. The van der Waals surface area contributed by atoms with Gasteiger partial charge in [0.25, 0.3) is 0 Å². The molecule has 1 unspecified atom stereocenters. The van der Waals surface area contributed by atoms with E-state index in [1.807, 2.05) is 12.1 Å². The van der Waals surface area contributed by atoms with Crippen LogP contribution in [0.2, 0.25) is 0 Å². The molecule has 4 nitrogen and oxygen atoms in total. The van der Waals surface area contributed by atoms with Crippen molar-refractivity contribution in [1.82, 2.24) is 4.90 Å². The Hall–Kier alpha value is -1.84. The zero-order chi connectivity index (χ0) is 12.0. The summed E-state index contributed by atoms with van der Waals surface area (Å²) in [6.45, 7) is 0. The number of aliphatic imine (C=N–C) groups is 1. The number of nitrogens with two attached hydrogens (primary N) is 1. The number of carbonyl (C=O) groups is 1. The van der Waals surface area contributed by atoms with Crippen LogP contribution in [0.1, 0.15) is 24.0 Å². The van der Waals surface area contributed by atoms with Crippen molar-refractivity contribution >= 4 is 11.9 Å². The van der Waals surface area contributed by atoms with Gasteiger partial charge in [-0.1, -0.05) is 24.3 Å². The topological polar surface area (TPSA) is 58.7 Å². The minimum Gasteiger partial charge on any atom is -0.369 e. The molecule has 88 valence electrons. The molecule has 1 atom stereocenters. The predicted molar refractivity (Wildman–Crippen MR) is 65.5 cm³/mol. The van der Waals surface area contributed by atoms with E-state index in [2.05, 4.69) is 17.1 Å². The van der Waals surface area contributed by atoms with Gasteiger partial charge < -0.3 is 5.73 Å². The fourth-order valence-electron chi connectivity index (χ4n) is 2.80. The summed E-state index contributed by atoms with van der Waals surface area (Å²) < 4.78 is 0. The zero-order valence-electron chi connectivity index (χ0n) is 9.81. The highest BCUT2D eigenvalue weighted by Crippen LogP contribution is 2.44. The van der Waals surface area contributed by atoms with Gasteiger partial charge in [0, 0.05) is 7.05 Å². The summed E-state index contributed by atoms with van der Waals surface area (Å²) in [5, 5.41) is 0. The molecule has 0 fully saturated rings. The molecule has 0 saturated carbocycles. The Morgan fingerprint density at radius 3 is 2.94 bits per heavy atom. The molecule has 2 aliphatic rings. The van der Waals surface area contributed by atoms with Crippen LogP contribution < -0.4 is 5.73 Å². The summed E-state index contributed by atoms with van der Waals surface area (Å²) in [6, 6.07) is 8.21. The lowest BCUT2D eigenvalue weighted by molar-refractivity contribution is -0.128. The van der Waals surface area contributed by atoms with E-state index in [1.165, 1.54) is 16.0 Å². The van der Waals surface area contributed by atoms with Crippen LogP contribution >= 0.6 is 0 Å². The number of fused-ring (bicyclic) bond motifs is 2. The van der Waals surface area contributed by atoms with Crippen molar-refractivity contribution in [1.29, 1.82) is 0 Å². The fraction of sp³-hybridized carbons (Fsp3) is 0.385. The van der Waals surface area contributed by atoms with Crippen molar-refractivity contribution < 1.29 is 4.79 Å². The van der Waals surface area contributed by atoms with Gasteiger partial charge in [0.2, 0.25) is 5.91 Å². The molecule has 1 aliphatic heterocycles. The molecule has 1 aromatic carbocycles. The molecule has 1 heterocycles. The van der Waals surface area contributed by atoms with Gasteiger partial charge in [0.1, 0.15) is 0 Å².